The van der Waals surface area contributed by atoms with Gasteiger partial charge in [0.1, 0.15) is 5.78 Å². The van der Waals surface area contributed by atoms with Crippen molar-refractivity contribution in [3.63, 3.8) is 0 Å². The van der Waals surface area contributed by atoms with E-state index >= 15 is 0 Å². The largest absolute Gasteiger partial charge is 0.397 e. The summed E-state index contributed by atoms with van der Waals surface area (Å²) in [5.41, 5.74) is 0. The molecule has 0 saturated carbocycles. The Morgan fingerprint density at radius 1 is 1.50 bits per heavy atom. The molecular formula is C5H12O2Ru. The van der Waals surface area contributed by atoms with Gasteiger partial charge in [0.25, 0.3) is 0 Å². The van der Waals surface area contributed by atoms with E-state index in [1.165, 1.54) is 13.8 Å². The van der Waals surface area contributed by atoms with E-state index in [0.29, 0.717) is 0 Å². The number of ketones is 1. The SMILES string of the molecule is CC(C)=O.CCO.[Ru]. The first-order valence-electron chi connectivity index (χ1n) is 2.23. The summed E-state index contributed by atoms with van der Waals surface area (Å²) < 4.78 is 0. The maximum Gasteiger partial charge on any atom is 0.126 e. The minimum Gasteiger partial charge on any atom is -0.397 e. The zero-order valence-electron chi connectivity index (χ0n) is 5.42. The Morgan fingerprint density at radius 2 is 1.50 bits per heavy atom. The van der Waals surface area contributed by atoms with Crippen molar-refractivity contribution in [2.45, 2.75) is 20.8 Å². The number of rotatable bonds is 0. The maximum atomic E-state index is 9.44. The summed E-state index contributed by atoms with van der Waals surface area (Å²) in [7, 11) is 0. The molecule has 0 amide bonds. The van der Waals surface area contributed by atoms with Crippen LogP contribution in [0.2, 0.25) is 0 Å². The van der Waals surface area contributed by atoms with Crippen LogP contribution >= 0.6 is 0 Å². The van der Waals surface area contributed by atoms with Gasteiger partial charge < -0.3 is 9.90 Å². The molecule has 3 heteroatoms. The molecule has 0 aromatic rings. The van der Waals surface area contributed by atoms with Gasteiger partial charge in [0.15, 0.2) is 0 Å². The van der Waals surface area contributed by atoms with Crippen molar-refractivity contribution in [2.75, 3.05) is 6.61 Å². The molecule has 2 nitrogen and oxygen atoms in total. The molecule has 0 aromatic carbocycles. The van der Waals surface area contributed by atoms with Gasteiger partial charge in [-0.05, 0) is 20.8 Å². The summed E-state index contributed by atoms with van der Waals surface area (Å²) in [5.74, 6) is 0.167. The third-order valence-electron chi connectivity index (χ3n) is 0. The summed E-state index contributed by atoms with van der Waals surface area (Å²) in [5, 5.41) is 7.57. The summed E-state index contributed by atoms with van der Waals surface area (Å²) >= 11 is 0. The summed E-state index contributed by atoms with van der Waals surface area (Å²) in [6.07, 6.45) is 0. The third kappa shape index (κ3) is 2690. The Balaban J connectivity index is -0.0000000575. The van der Waals surface area contributed by atoms with Crippen LogP contribution in [0.5, 0.6) is 0 Å². The number of carbonyl (C=O) groups is 1. The van der Waals surface area contributed by atoms with Crippen LogP contribution in [0.15, 0.2) is 0 Å². The van der Waals surface area contributed by atoms with Crippen molar-refractivity contribution < 1.29 is 29.4 Å². The normalized spacial score (nSPS) is 5.50. The van der Waals surface area contributed by atoms with Gasteiger partial charge in [0.05, 0.1) is 0 Å². The van der Waals surface area contributed by atoms with Gasteiger partial charge >= 0.3 is 0 Å². The predicted octanol–water partition coefficient (Wildman–Crippen LogP) is 0.591. The molecule has 0 atom stereocenters. The van der Waals surface area contributed by atoms with Crippen LogP contribution in [0.3, 0.4) is 0 Å². The van der Waals surface area contributed by atoms with Crippen molar-refractivity contribution in [1.29, 1.82) is 0 Å². The molecule has 0 heterocycles. The van der Waals surface area contributed by atoms with E-state index in [-0.39, 0.29) is 31.9 Å². The van der Waals surface area contributed by atoms with E-state index in [1.54, 1.807) is 6.92 Å². The minimum absolute atomic E-state index is 0. The minimum atomic E-state index is 0. The molecule has 0 rings (SSSR count). The monoisotopic (exact) mass is 206 g/mol. The second kappa shape index (κ2) is 15.7. The maximum absolute atomic E-state index is 9.44. The Labute approximate surface area is 63.0 Å². The van der Waals surface area contributed by atoms with E-state index in [2.05, 4.69) is 0 Å². The molecule has 8 heavy (non-hydrogen) atoms. The first-order valence-corrected chi connectivity index (χ1v) is 2.23. The molecule has 0 bridgehead atoms. The van der Waals surface area contributed by atoms with Crippen LogP contribution in [0, 0.1) is 0 Å². The van der Waals surface area contributed by atoms with Crippen LogP contribution in [-0.2, 0) is 24.3 Å². The molecule has 0 unspecified atom stereocenters. The molecule has 52 valence electrons. The number of hydrogen-bond donors (Lipinski definition) is 1. The van der Waals surface area contributed by atoms with Crippen LogP contribution in [0.25, 0.3) is 0 Å². The molecule has 0 aliphatic rings. The Morgan fingerprint density at radius 3 is 1.50 bits per heavy atom. The molecule has 0 aliphatic heterocycles. The van der Waals surface area contributed by atoms with Gasteiger partial charge in [0, 0.05) is 26.1 Å². The average molecular weight is 205 g/mol. The molecule has 0 fully saturated rings. The van der Waals surface area contributed by atoms with Gasteiger partial charge in [-0.1, -0.05) is 0 Å². The average Bonchev–Trinajstić information content (AvgIpc) is 1.33. The number of hydrogen-bond acceptors (Lipinski definition) is 2. The fourth-order valence-corrected chi connectivity index (χ4v) is 0. The van der Waals surface area contributed by atoms with Gasteiger partial charge in [-0.3, -0.25) is 0 Å². The molecule has 1 N–H and O–H groups in total. The number of carbonyl (C=O) groups excluding carboxylic acids is 1. The van der Waals surface area contributed by atoms with Crippen molar-refractivity contribution in [3.05, 3.63) is 0 Å². The van der Waals surface area contributed by atoms with Crippen LogP contribution < -0.4 is 0 Å². The van der Waals surface area contributed by atoms with Crippen molar-refractivity contribution in [2.24, 2.45) is 0 Å². The smallest absolute Gasteiger partial charge is 0.126 e. The van der Waals surface area contributed by atoms with Crippen molar-refractivity contribution in [1.82, 2.24) is 0 Å². The second-order valence-corrected chi connectivity index (χ2v) is 1.22. The van der Waals surface area contributed by atoms with Crippen LogP contribution in [0.1, 0.15) is 20.8 Å². The predicted molar refractivity (Wildman–Crippen MR) is 29.1 cm³/mol. The zero-order valence-corrected chi connectivity index (χ0v) is 7.15. The molecule has 0 spiro atoms. The Bertz CT molecular complexity index is 41.7. The summed E-state index contributed by atoms with van der Waals surface area (Å²) in [4.78, 5) is 9.44. The van der Waals surface area contributed by atoms with E-state index in [4.69, 9.17) is 5.11 Å². The Kier molecular flexibility index (Phi) is 30.8. The van der Waals surface area contributed by atoms with Gasteiger partial charge in [-0.25, -0.2) is 0 Å². The molecule has 0 saturated heterocycles. The second-order valence-electron chi connectivity index (χ2n) is 1.22. The number of aliphatic hydroxyl groups excluding tert-OH is 1. The first-order chi connectivity index (χ1) is 3.15. The van der Waals surface area contributed by atoms with Crippen molar-refractivity contribution in [3.8, 4) is 0 Å². The first kappa shape index (κ1) is 15.7. The Hall–Kier alpha value is 0.253. The third-order valence-corrected chi connectivity index (χ3v) is 0. The fraction of sp³-hybridized carbons (Fsp3) is 0.800. The standard InChI is InChI=1S/C3H6O.C2H6O.Ru/c1-3(2)4;1-2-3;/h1-2H3;3H,2H2,1H3;. The molecular weight excluding hydrogens is 193 g/mol. The molecule has 0 radical (unpaired) electrons. The van der Waals surface area contributed by atoms with Crippen LogP contribution in [-0.4, -0.2) is 17.5 Å². The van der Waals surface area contributed by atoms with Gasteiger partial charge in [-0.15, -0.1) is 0 Å². The molecule has 0 aliphatic carbocycles. The van der Waals surface area contributed by atoms with Crippen LogP contribution in [0.4, 0.5) is 0 Å². The van der Waals surface area contributed by atoms with E-state index in [1.807, 2.05) is 0 Å². The number of Topliss-reactive ketones (excluding diaryl/α,β-unsaturated/α-hetero) is 1. The van der Waals surface area contributed by atoms with Gasteiger partial charge in [0.2, 0.25) is 0 Å². The van der Waals surface area contributed by atoms with Gasteiger partial charge in [-0.2, -0.15) is 0 Å². The number of aliphatic hydroxyl groups is 1. The van der Waals surface area contributed by atoms with Crippen molar-refractivity contribution >= 4 is 5.78 Å². The van der Waals surface area contributed by atoms with E-state index in [9.17, 15) is 4.79 Å². The summed E-state index contributed by atoms with van der Waals surface area (Å²) in [6, 6.07) is 0. The quantitative estimate of drug-likeness (QED) is 0.588. The fourth-order valence-electron chi connectivity index (χ4n) is 0. The zero-order chi connectivity index (χ0) is 6.28. The molecule has 0 aromatic heterocycles. The summed E-state index contributed by atoms with van der Waals surface area (Å²) in [6.45, 7) is 4.99. The van der Waals surface area contributed by atoms with E-state index in [0.717, 1.165) is 0 Å². The van der Waals surface area contributed by atoms with E-state index < -0.39 is 0 Å². The topological polar surface area (TPSA) is 37.3 Å².